The highest BCUT2D eigenvalue weighted by molar-refractivity contribution is 6.31. The van der Waals surface area contributed by atoms with Gasteiger partial charge in [0.05, 0.1) is 67.9 Å². The van der Waals surface area contributed by atoms with Crippen LogP contribution in [-0.4, -0.2) is 134 Å². The highest BCUT2D eigenvalue weighted by Crippen LogP contribution is 2.60. The third-order valence-electron chi connectivity index (χ3n) is 17.1. The van der Waals surface area contributed by atoms with Crippen molar-refractivity contribution in [2.45, 2.75) is 128 Å². The van der Waals surface area contributed by atoms with Crippen molar-refractivity contribution in [3.05, 3.63) is 223 Å². The van der Waals surface area contributed by atoms with Gasteiger partial charge in [-0.2, -0.15) is 0 Å². The minimum Gasteiger partial charge on any atom is -0.507 e. The predicted molar refractivity (Wildman–Crippen MR) is 345 cm³/mol. The van der Waals surface area contributed by atoms with Crippen LogP contribution in [0, 0.1) is 0 Å². The lowest BCUT2D eigenvalue weighted by molar-refractivity contribution is -0.313. The summed E-state index contributed by atoms with van der Waals surface area (Å²) in [6.07, 6.45) is -14.4. The number of carbonyl (C=O) groups is 8. The highest BCUT2D eigenvalue weighted by atomic mass is 16.7. The number of hydrogen-bond acceptors (Lipinski definition) is 22. The second-order valence-electron chi connectivity index (χ2n) is 23.6. The summed E-state index contributed by atoms with van der Waals surface area (Å²) in [5.74, 6) is -9.14. The zero-order valence-corrected chi connectivity index (χ0v) is 54.1. The van der Waals surface area contributed by atoms with Crippen molar-refractivity contribution in [3.8, 4) is 34.1 Å². The lowest BCUT2D eigenvalue weighted by Gasteiger charge is -2.50. The van der Waals surface area contributed by atoms with Gasteiger partial charge in [-0.05, 0) is 77.5 Å². The molecule has 0 radical (unpaired) electrons. The normalized spacial score (nSPS) is 22.3. The van der Waals surface area contributed by atoms with Gasteiger partial charge in [0.25, 0.3) is 5.91 Å². The molecule has 2 heterocycles. The first-order valence-electron chi connectivity index (χ1n) is 31.3. The Bertz CT molecular complexity index is 4250. The van der Waals surface area contributed by atoms with Crippen molar-refractivity contribution in [2.75, 3.05) is 20.8 Å². The molecule has 1 unspecified atom stereocenters. The number of phenols is 1. The fourth-order valence-corrected chi connectivity index (χ4v) is 12.8. The van der Waals surface area contributed by atoms with E-state index in [-0.39, 0.29) is 92.7 Å². The maximum Gasteiger partial charge on any atom is 0.338 e. The Hall–Kier alpha value is -10.9. The fraction of sp³-hybridized carbons (Fsp3) is 0.315. The van der Waals surface area contributed by atoms with Crippen LogP contribution in [0.5, 0.6) is 23.0 Å². The molecule has 0 spiro atoms. The molecule has 98 heavy (non-hydrogen) atoms. The van der Waals surface area contributed by atoms with Crippen molar-refractivity contribution in [1.82, 2.24) is 5.32 Å². The monoisotopic (exact) mass is 1340 g/mol. The minimum atomic E-state index is -1.83. The smallest absolute Gasteiger partial charge is 0.338 e. The van der Waals surface area contributed by atoms with Gasteiger partial charge >= 0.3 is 29.8 Å². The molecule has 0 bridgehead atoms. The number of amides is 1. The lowest BCUT2D eigenvalue weighted by atomic mass is 9.68. The van der Waals surface area contributed by atoms with Crippen molar-refractivity contribution < 1.29 is 100 Å². The van der Waals surface area contributed by atoms with E-state index >= 15 is 19.2 Å². The maximum atomic E-state index is 15.8. The number of hydrogen-bond donors (Lipinski definition) is 2. The van der Waals surface area contributed by atoms with E-state index in [2.05, 4.69) is 15.3 Å². The zero-order chi connectivity index (χ0) is 69.5. The van der Waals surface area contributed by atoms with Gasteiger partial charge in [-0.25, -0.2) is 9.59 Å². The van der Waals surface area contributed by atoms with E-state index in [1.807, 2.05) is 0 Å². The van der Waals surface area contributed by atoms with Gasteiger partial charge in [0.15, 0.2) is 42.3 Å². The molecule has 2 saturated heterocycles. The number of benzene rings is 7. The average Bonchev–Trinajstić information content (AvgIpc) is 0.697. The maximum absolute atomic E-state index is 15.8. The lowest BCUT2D eigenvalue weighted by Crippen LogP contribution is -2.64. The summed E-state index contributed by atoms with van der Waals surface area (Å²) in [4.78, 5) is 117. The van der Waals surface area contributed by atoms with Crippen LogP contribution in [0.4, 0.5) is 0 Å². The number of ether oxygens (including phenoxy) is 12. The summed E-state index contributed by atoms with van der Waals surface area (Å²) in [5.41, 5.74) is 11.4. The van der Waals surface area contributed by atoms with E-state index in [1.54, 1.807) is 122 Å². The Morgan fingerprint density at radius 3 is 1.80 bits per heavy atom. The number of aromatic hydroxyl groups is 1. The molecule has 11 rings (SSSR count). The molecule has 2 N–H and O–H groups in total. The molecular weight excluding hydrogens is 1270 g/mol. The number of esters is 5. The first-order chi connectivity index (χ1) is 47.3. The summed E-state index contributed by atoms with van der Waals surface area (Å²) in [7, 11) is 2.49. The van der Waals surface area contributed by atoms with Crippen molar-refractivity contribution in [3.63, 3.8) is 0 Å². The Labute approximate surface area is 561 Å². The first kappa shape index (κ1) is 68.4. The molecule has 506 valence electrons. The van der Waals surface area contributed by atoms with Crippen molar-refractivity contribution in [1.29, 1.82) is 0 Å². The summed E-state index contributed by atoms with van der Waals surface area (Å²) < 4.78 is 76.3. The number of ketones is 2. The minimum absolute atomic E-state index is 0.0191. The first-order valence-corrected chi connectivity index (χ1v) is 31.3. The molecule has 12 atom stereocenters. The summed E-state index contributed by atoms with van der Waals surface area (Å²) in [6, 6.07) is 38.9. The molecule has 0 saturated carbocycles. The number of fused-ring (bicyclic) bond motifs is 5. The molecule has 25 heteroatoms. The number of methoxy groups -OCH3 is 2. The topological polar surface area (TPSA) is 328 Å². The quantitative estimate of drug-likeness (QED) is 0.0209. The van der Waals surface area contributed by atoms with Crippen LogP contribution in [0.15, 0.2) is 157 Å². The van der Waals surface area contributed by atoms with E-state index in [4.69, 9.17) is 56.8 Å². The third kappa shape index (κ3) is 14.3. The molecule has 2 aliphatic heterocycles. The highest BCUT2D eigenvalue weighted by Gasteiger charge is 2.58. The Morgan fingerprint density at radius 1 is 0.643 bits per heavy atom. The van der Waals surface area contributed by atoms with Crippen LogP contribution >= 0.6 is 0 Å². The number of rotatable bonds is 22. The van der Waals surface area contributed by atoms with Crippen LogP contribution in [0.25, 0.3) is 21.6 Å². The van der Waals surface area contributed by atoms with Crippen LogP contribution in [0.3, 0.4) is 0 Å². The van der Waals surface area contributed by atoms with Crippen molar-refractivity contribution >= 4 is 47.3 Å². The average molecular weight is 1340 g/mol. The number of carbonyl (C=O) groups excluding carboxylic acids is 8. The predicted octanol–water partition coefficient (Wildman–Crippen LogP) is 9.88. The van der Waals surface area contributed by atoms with Gasteiger partial charge in [-0.15, -0.1) is 0 Å². The molecular formula is C73H68N4O21. The van der Waals surface area contributed by atoms with E-state index in [1.165, 1.54) is 50.4 Å². The summed E-state index contributed by atoms with van der Waals surface area (Å²) in [6.45, 7) is 5.02. The number of phenolic OH excluding ortho intramolecular Hbond substituents is 1. The second kappa shape index (κ2) is 30.0. The van der Waals surface area contributed by atoms with E-state index in [0.29, 0.717) is 16.7 Å². The third-order valence-corrected chi connectivity index (χ3v) is 17.1. The van der Waals surface area contributed by atoms with E-state index in [9.17, 15) is 29.8 Å². The van der Waals surface area contributed by atoms with Gasteiger partial charge in [0.2, 0.25) is 0 Å². The zero-order valence-electron chi connectivity index (χ0n) is 54.1. The Kier molecular flexibility index (Phi) is 20.9. The van der Waals surface area contributed by atoms with Gasteiger partial charge < -0.3 is 67.3 Å². The van der Waals surface area contributed by atoms with E-state index in [0.717, 1.165) is 27.9 Å². The van der Waals surface area contributed by atoms with Gasteiger partial charge in [-0.3, -0.25) is 28.8 Å². The Balaban J connectivity index is 1.23. The van der Waals surface area contributed by atoms with Crippen LogP contribution in [0.1, 0.15) is 127 Å². The van der Waals surface area contributed by atoms with Gasteiger partial charge in [0.1, 0.15) is 54.5 Å². The molecule has 1 amide bonds. The molecule has 0 aromatic heterocycles. The standard InChI is InChI=1S/C73H68N4O21/c1-37(71(85)88-7)75-70(84)48-29-28-47-55(62(48)89-33-42-20-12-8-13-21-42)56-51(32-50-57(65(56)91-35-44-24-16-10-17-25-44)61(83)49-30-46(87-6)31-52(81)54(49)60(50)82)63(90-34-43-22-14-9-15-23-43)58(47)66-68(97-72(86)45-26-18-11-19-27-45)67(59(76-77-74)38(2)93-66)98-73-69(96-41(5)80)64(95-40(4)79)53(36-92-73)94-39(3)78/h8-32,37-38,53,58-59,63-64,66-69,73,81H,33-36H2,1-7H3,(H,75,84)/t37-,38-,53-,58+,59+,63?,64+,66+,67+,68+,69-,73+/m1/s1. The summed E-state index contributed by atoms with van der Waals surface area (Å²) >= 11 is 0. The molecule has 2 fully saturated rings. The van der Waals surface area contributed by atoms with E-state index < -0.39 is 133 Å². The SMILES string of the molecule is COC(=O)[C@@H](C)NC(=O)c1ccc2c(c1OCc1ccccc1)-c1c(cc3c(c1OCc1ccccc1)C(=O)c1cc(OC)cc(O)c1C3=O)C(OCc1ccccc1)[C@H]2[C@@H]1O[C@H](C)[C@H](N=[N+]=[N-])[C@H](O[C@@H]2OC[C@@H](OC(C)=O)[C@H](OC(C)=O)[C@H]2OC(C)=O)[C@H]1OC(=O)c1ccccc1. The molecule has 7 aromatic carbocycles. The van der Waals surface area contributed by atoms with Gasteiger partial charge in [0, 0.05) is 59.9 Å². The largest absolute Gasteiger partial charge is 0.507 e. The van der Waals surface area contributed by atoms with Crippen molar-refractivity contribution in [2.24, 2.45) is 5.11 Å². The van der Waals surface area contributed by atoms with Gasteiger partial charge in [-0.1, -0.05) is 120 Å². The number of azide groups is 1. The molecule has 25 nitrogen and oxygen atoms in total. The number of nitrogens with zero attached hydrogens (tertiary/aromatic N) is 3. The summed E-state index contributed by atoms with van der Waals surface area (Å²) in [5, 5.41) is 18.6. The van der Waals surface area contributed by atoms with Crippen LogP contribution in [-0.2, 0) is 81.6 Å². The van der Waals surface area contributed by atoms with Crippen LogP contribution < -0.4 is 19.5 Å². The fourth-order valence-electron chi connectivity index (χ4n) is 12.8. The van der Waals surface area contributed by atoms with Crippen LogP contribution in [0.2, 0.25) is 0 Å². The Morgan fingerprint density at radius 2 is 1.20 bits per heavy atom. The number of nitrogens with one attached hydrogen (secondary N) is 1. The second-order valence-corrected chi connectivity index (χ2v) is 23.6. The molecule has 4 aliphatic rings. The molecule has 2 aliphatic carbocycles. The molecule has 7 aromatic rings.